The van der Waals surface area contributed by atoms with Crippen molar-refractivity contribution in [3.63, 3.8) is 0 Å². The number of hydrogen-bond acceptors (Lipinski definition) is 3. The van der Waals surface area contributed by atoms with Gasteiger partial charge in [-0.15, -0.1) is 0 Å². The molecule has 2 aliphatic rings. The zero-order valence-electron chi connectivity index (χ0n) is 12.3. The van der Waals surface area contributed by atoms with Gasteiger partial charge in [0.1, 0.15) is 5.82 Å². The van der Waals surface area contributed by atoms with Gasteiger partial charge in [0.25, 0.3) is 0 Å². The van der Waals surface area contributed by atoms with Crippen LogP contribution in [0.5, 0.6) is 0 Å². The number of nitrogens with zero attached hydrogens (tertiary/aromatic N) is 2. The molecule has 0 aromatic heterocycles. The lowest BCUT2D eigenvalue weighted by atomic mass is 10.0. The average Bonchev–Trinajstić information content (AvgIpc) is 3.30. The van der Waals surface area contributed by atoms with Gasteiger partial charge in [0, 0.05) is 44.8 Å². The Morgan fingerprint density at radius 1 is 1.24 bits per heavy atom. The minimum absolute atomic E-state index is 0.0771. The van der Waals surface area contributed by atoms with Gasteiger partial charge in [-0.25, -0.2) is 4.39 Å². The molecule has 1 aromatic rings. The van der Waals surface area contributed by atoms with Crippen LogP contribution in [-0.2, 0) is 0 Å². The maximum absolute atomic E-state index is 14.2. The summed E-state index contributed by atoms with van der Waals surface area (Å²) < 4.78 is 14.2. The van der Waals surface area contributed by atoms with E-state index in [0.717, 1.165) is 32.1 Å². The van der Waals surface area contributed by atoms with Crippen LogP contribution in [0.3, 0.4) is 0 Å². The van der Waals surface area contributed by atoms with Crippen LogP contribution in [0, 0.1) is 11.7 Å². The second-order valence-corrected chi connectivity index (χ2v) is 6.58. The molecule has 0 radical (unpaired) electrons. The predicted octanol–water partition coefficient (Wildman–Crippen LogP) is 2.51. The van der Waals surface area contributed by atoms with Gasteiger partial charge in [0.15, 0.2) is 0 Å². The highest BCUT2D eigenvalue weighted by Gasteiger charge is 2.29. The molecular weight excluding hydrogens is 289 g/mol. The molecule has 0 amide bonds. The summed E-state index contributed by atoms with van der Waals surface area (Å²) in [6, 6.07) is 5.11. The first-order chi connectivity index (χ1) is 10.2. The molecule has 1 aromatic carbocycles. The maximum atomic E-state index is 14.2. The number of hydrogen-bond donors (Lipinski definition) is 1. The summed E-state index contributed by atoms with van der Waals surface area (Å²) in [6.07, 6.45) is 2.78. The molecule has 5 heteroatoms. The second kappa shape index (κ2) is 6.61. The molecule has 1 unspecified atom stereocenters. The van der Waals surface area contributed by atoms with Gasteiger partial charge >= 0.3 is 0 Å². The SMILES string of the molecule is NCC(c1cccc(Cl)c1F)N1CCN(CC2CC2)CC1. The third-order valence-corrected chi connectivity index (χ3v) is 4.92. The van der Waals surface area contributed by atoms with Gasteiger partial charge in [0.05, 0.1) is 11.1 Å². The molecule has 3 rings (SSSR count). The van der Waals surface area contributed by atoms with E-state index < -0.39 is 0 Å². The van der Waals surface area contributed by atoms with Crippen LogP contribution in [0.2, 0.25) is 5.02 Å². The molecule has 0 bridgehead atoms. The maximum Gasteiger partial charge on any atom is 0.146 e. The summed E-state index contributed by atoms with van der Waals surface area (Å²) >= 11 is 5.90. The third-order valence-electron chi connectivity index (χ3n) is 4.62. The van der Waals surface area contributed by atoms with Gasteiger partial charge < -0.3 is 10.6 Å². The van der Waals surface area contributed by atoms with Gasteiger partial charge in [-0.3, -0.25) is 4.90 Å². The Balaban J connectivity index is 1.65. The quantitative estimate of drug-likeness (QED) is 0.907. The van der Waals surface area contributed by atoms with Gasteiger partial charge in [-0.1, -0.05) is 23.7 Å². The zero-order valence-corrected chi connectivity index (χ0v) is 13.0. The first-order valence-corrected chi connectivity index (χ1v) is 8.17. The van der Waals surface area contributed by atoms with Crippen LogP contribution >= 0.6 is 11.6 Å². The van der Waals surface area contributed by atoms with Gasteiger partial charge in [0.2, 0.25) is 0 Å². The van der Waals surface area contributed by atoms with E-state index in [-0.39, 0.29) is 16.9 Å². The fourth-order valence-electron chi connectivity index (χ4n) is 3.17. The Morgan fingerprint density at radius 3 is 2.57 bits per heavy atom. The largest absolute Gasteiger partial charge is 0.329 e. The van der Waals surface area contributed by atoms with E-state index in [1.54, 1.807) is 18.2 Å². The first kappa shape index (κ1) is 15.2. The van der Waals surface area contributed by atoms with Crippen molar-refractivity contribution in [2.45, 2.75) is 18.9 Å². The van der Waals surface area contributed by atoms with Crippen molar-refractivity contribution in [1.82, 2.24) is 9.80 Å². The molecule has 1 saturated carbocycles. The summed E-state index contributed by atoms with van der Waals surface area (Å²) in [4.78, 5) is 4.81. The van der Waals surface area contributed by atoms with Crippen molar-refractivity contribution in [1.29, 1.82) is 0 Å². The normalized spacial score (nSPS) is 22.4. The number of halogens is 2. The summed E-state index contributed by atoms with van der Waals surface area (Å²) in [5, 5.41) is 0.179. The van der Waals surface area contributed by atoms with Gasteiger partial charge in [-0.05, 0) is 24.8 Å². The lowest BCUT2D eigenvalue weighted by Gasteiger charge is -2.39. The van der Waals surface area contributed by atoms with Crippen molar-refractivity contribution in [3.8, 4) is 0 Å². The van der Waals surface area contributed by atoms with Crippen molar-refractivity contribution in [2.75, 3.05) is 39.3 Å². The van der Waals surface area contributed by atoms with Gasteiger partial charge in [-0.2, -0.15) is 0 Å². The molecule has 2 fully saturated rings. The van der Waals surface area contributed by atoms with E-state index in [1.807, 2.05) is 0 Å². The van der Waals surface area contributed by atoms with Crippen molar-refractivity contribution in [3.05, 3.63) is 34.6 Å². The second-order valence-electron chi connectivity index (χ2n) is 6.17. The van der Waals surface area contributed by atoms with Crippen molar-refractivity contribution < 1.29 is 4.39 Å². The summed E-state index contributed by atoms with van der Waals surface area (Å²) in [7, 11) is 0. The van der Waals surface area contributed by atoms with E-state index in [9.17, 15) is 4.39 Å². The Morgan fingerprint density at radius 2 is 1.95 bits per heavy atom. The standard InChI is InChI=1S/C16H23ClFN3/c17-14-3-1-2-13(16(14)18)15(10-19)21-8-6-20(7-9-21)11-12-4-5-12/h1-3,12,15H,4-11,19H2. The molecule has 21 heavy (non-hydrogen) atoms. The van der Waals surface area contributed by atoms with Crippen LogP contribution in [-0.4, -0.2) is 49.1 Å². The molecule has 1 saturated heterocycles. The summed E-state index contributed by atoms with van der Waals surface area (Å²) in [5.41, 5.74) is 6.54. The average molecular weight is 312 g/mol. The number of benzene rings is 1. The molecule has 1 heterocycles. The molecular formula is C16H23ClFN3. The highest BCUT2D eigenvalue weighted by molar-refractivity contribution is 6.30. The Hall–Kier alpha value is -0.680. The Bertz CT molecular complexity index is 484. The van der Waals surface area contributed by atoms with Crippen LogP contribution in [0.15, 0.2) is 18.2 Å². The van der Waals surface area contributed by atoms with Crippen LogP contribution < -0.4 is 5.73 Å². The fraction of sp³-hybridized carbons (Fsp3) is 0.625. The summed E-state index contributed by atoms with van der Waals surface area (Å²) in [5.74, 6) is 0.599. The number of piperazine rings is 1. The van der Waals surface area contributed by atoms with Crippen LogP contribution in [0.4, 0.5) is 4.39 Å². The van der Waals surface area contributed by atoms with E-state index in [2.05, 4.69) is 9.80 Å². The molecule has 0 spiro atoms. The topological polar surface area (TPSA) is 32.5 Å². The lowest BCUT2D eigenvalue weighted by Crippen LogP contribution is -2.49. The predicted molar refractivity (Wildman–Crippen MR) is 83.9 cm³/mol. The minimum Gasteiger partial charge on any atom is -0.329 e. The molecule has 1 aliphatic heterocycles. The zero-order chi connectivity index (χ0) is 14.8. The molecule has 1 atom stereocenters. The van der Waals surface area contributed by atoms with E-state index in [1.165, 1.54) is 19.4 Å². The molecule has 2 N–H and O–H groups in total. The molecule has 3 nitrogen and oxygen atoms in total. The number of rotatable bonds is 5. The fourth-order valence-corrected chi connectivity index (χ4v) is 3.36. The van der Waals surface area contributed by atoms with E-state index >= 15 is 0 Å². The van der Waals surface area contributed by atoms with Crippen molar-refractivity contribution >= 4 is 11.6 Å². The first-order valence-electron chi connectivity index (χ1n) is 7.79. The molecule has 1 aliphatic carbocycles. The Labute approximate surface area is 130 Å². The monoisotopic (exact) mass is 311 g/mol. The third kappa shape index (κ3) is 3.57. The highest BCUT2D eigenvalue weighted by atomic mass is 35.5. The summed E-state index contributed by atoms with van der Waals surface area (Å²) in [6.45, 7) is 5.64. The minimum atomic E-state index is -0.324. The highest BCUT2D eigenvalue weighted by Crippen LogP contribution is 2.31. The van der Waals surface area contributed by atoms with E-state index in [4.69, 9.17) is 17.3 Å². The Kier molecular flexibility index (Phi) is 4.79. The van der Waals surface area contributed by atoms with Crippen LogP contribution in [0.25, 0.3) is 0 Å². The smallest absolute Gasteiger partial charge is 0.146 e. The molecule has 116 valence electrons. The van der Waals surface area contributed by atoms with E-state index in [0.29, 0.717) is 12.1 Å². The lowest BCUT2D eigenvalue weighted by molar-refractivity contribution is 0.0942. The van der Waals surface area contributed by atoms with Crippen LogP contribution in [0.1, 0.15) is 24.4 Å². The number of nitrogens with two attached hydrogens (primary N) is 1. The van der Waals surface area contributed by atoms with Crippen molar-refractivity contribution in [2.24, 2.45) is 11.7 Å².